The molecule has 0 aliphatic rings. The van der Waals surface area contributed by atoms with E-state index in [2.05, 4.69) is 4.72 Å². The molecule has 11 heteroatoms. The minimum absolute atomic E-state index is 0.0362. The van der Waals surface area contributed by atoms with Crippen molar-refractivity contribution in [2.24, 2.45) is 0 Å². The van der Waals surface area contributed by atoms with Crippen LogP contribution in [-0.2, 0) is 19.6 Å². The third-order valence-electron chi connectivity index (χ3n) is 2.77. The van der Waals surface area contributed by atoms with Crippen LogP contribution in [0.3, 0.4) is 0 Å². The maximum atomic E-state index is 12.2. The summed E-state index contributed by atoms with van der Waals surface area (Å²) >= 11 is 0. The molecule has 0 aliphatic heterocycles. The molecule has 1 unspecified atom stereocenters. The molecule has 0 saturated carbocycles. The second-order valence-corrected chi connectivity index (χ2v) is 6.51. The van der Waals surface area contributed by atoms with Gasteiger partial charge in [0.2, 0.25) is 15.9 Å². The zero-order chi connectivity index (χ0) is 18.4. The van der Waals surface area contributed by atoms with Crippen LogP contribution in [0.4, 0.5) is 13.2 Å². The molecule has 1 rings (SSSR count). The van der Waals surface area contributed by atoms with Crippen LogP contribution in [0, 0.1) is 0 Å². The first-order valence-corrected chi connectivity index (χ1v) is 8.13. The number of carboxylic acids is 1. The molecule has 0 spiro atoms. The second kappa shape index (κ2) is 8.11. The van der Waals surface area contributed by atoms with Gasteiger partial charge >= 0.3 is 12.1 Å². The van der Waals surface area contributed by atoms with Gasteiger partial charge in [-0.05, 0) is 12.1 Å². The normalized spacial score (nSPS) is 13.3. The summed E-state index contributed by atoms with van der Waals surface area (Å²) < 4.78 is 62.4. The number of halogens is 3. The average Bonchev–Trinajstić information content (AvgIpc) is 2.45. The van der Waals surface area contributed by atoms with E-state index >= 15 is 0 Å². The molecule has 24 heavy (non-hydrogen) atoms. The van der Waals surface area contributed by atoms with E-state index in [0.717, 1.165) is 0 Å². The minimum Gasteiger partial charge on any atom is -0.480 e. The molecule has 0 radical (unpaired) electrons. The van der Waals surface area contributed by atoms with Crippen LogP contribution in [0.5, 0.6) is 0 Å². The number of benzene rings is 1. The summed E-state index contributed by atoms with van der Waals surface area (Å²) in [4.78, 5) is 22.2. The van der Waals surface area contributed by atoms with Crippen molar-refractivity contribution in [3.05, 3.63) is 30.3 Å². The Hall–Kier alpha value is -2.14. The molecular weight excluding hydrogens is 353 g/mol. The third kappa shape index (κ3) is 6.96. The summed E-state index contributed by atoms with van der Waals surface area (Å²) in [7, 11) is -3.86. The van der Waals surface area contributed by atoms with Crippen molar-refractivity contribution in [3.8, 4) is 0 Å². The number of carbonyl (C=O) groups excluding carboxylic acids is 1. The number of hydrogen-bond acceptors (Lipinski definition) is 4. The lowest BCUT2D eigenvalue weighted by atomic mass is 10.2. The third-order valence-corrected chi connectivity index (χ3v) is 4.24. The Bertz CT molecular complexity index is 677. The van der Waals surface area contributed by atoms with Crippen molar-refractivity contribution in [3.63, 3.8) is 0 Å². The van der Waals surface area contributed by atoms with Crippen LogP contribution in [-0.4, -0.2) is 44.2 Å². The molecule has 3 N–H and O–H groups in total. The first kappa shape index (κ1) is 19.9. The number of rotatable bonds is 8. The second-order valence-electron chi connectivity index (χ2n) is 4.74. The van der Waals surface area contributed by atoms with Crippen LogP contribution in [0.25, 0.3) is 0 Å². The molecule has 0 aromatic heterocycles. The molecule has 7 nitrogen and oxygen atoms in total. The molecular formula is C13H15F3N2O5S. The zero-order valence-corrected chi connectivity index (χ0v) is 13.0. The molecule has 0 saturated heterocycles. The summed E-state index contributed by atoms with van der Waals surface area (Å²) in [5.41, 5.74) is 0. The molecule has 134 valence electrons. The van der Waals surface area contributed by atoms with Crippen molar-refractivity contribution < 1.29 is 36.3 Å². The number of alkyl halides is 3. The van der Waals surface area contributed by atoms with E-state index in [9.17, 15) is 31.2 Å². The van der Waals surface area contributed by atoms with Gasteiger partial charge in [-0.15, -0.1) is 0 Å². The van der Waals surface area contributed by atoms with Crippen LogP contribution in [0.15, 0.2) is 35.2 Å². The maximum absolute atomic E-state index is 12.2. The SMILES string of the molecule is O=C(CCNS(=O)(=O)c1ccccc1)NC(CC(F)(F)F)C(=O)O. The fourth-order valence-corrected chi connectivity index (χ4v) is 2.73. The maximum Gasteiger partial charge on any atom is 0.391 e. The van der Waals surface area contributed by atoms with Gasteiger partial charge < -0.3 is 10.4 Å². The van der Waals surface area contributed by atoms with Crippen molar-refractivity contribution in [1.29, 1.82) is 0 Å². The summed E-state index contributed by atoms with van der Waals surface area (Å²) in [5.74, 6) is -2.84. The van der Waals surface area contributed by atoms with E-state index in [0.29, 0.717) is 0 Å². The number of carboxylic acid groups (broad SMARTS) is 1. The van der Waals surface area contributed by atoms with Gasteiger partial charge in [0.25, 0.3) is 0 Å². The Kier molecular flexibility index (Phi) is 6.72. The van der Waals surface area contributed by atoms with E-state index in [1.54, 1.807) is 11.4 Å². The van der Waals surface area contributed by atoms with Gasteiger partial charge in [0, 0.05) is 13.0 Å². The number of sulfonamides is 1. The first-order valence-electron chi connectivity index (χ1n) is 6.65. The molecule has 0 aliphatic carbocycles. The summed E-state index contributed by atoms with van der Waals surface area (Å²) in [5, 5.41) is 10.4. The lowest BCUT2D eigenvalue weighted by Crippen LogP contribution is -2.44. The number of amides is 1. The Balaban J connectivity index is 2.52. The number of nitrogens with one attached hydrogen (secondary N) is 2. The molecule has 1 aromatic carbocycles. The van der Waals surface area contributed by atoms with Crippen molar-refractivity contribution >= 4 is 21.9 Å². The largest absolute Gasteiger partial charge is 0.480 e. The van der Waals surface area contributed by atoms with Crippen LogP contribution in [0.1, 0.15) is 12.8 Å². The lowest BCUT2D eigenvalue weighted by molar-refractivity contribution is -0.159. The van der Waals surface area contributed by atoms with E-state index in [4.69, 9.17) is 5.11 Å². The average molecular weight is 368 g/mol. The van der Waals surface area contributed by atoms with Gasteiger partial charge in [0.05, 0.1) is 11.3 Å². The Labute approximate surface area is 135 Å². The molecule has 0 bridgehead atoms. The standard InChI is InChI=1S/C13H15F3N2O5S/c14-13(15,16)8-10(12(20)21)18-11(19)6-7-17-24(22,23)9-4-2-1-3-5-9/h1-5,10,17H,6-8H2,(H,18,19)(H,20,21). The zero-order valence-electron chi connectivity index (χ0n) is 12.2. The Morgan fingerprint density at radius 3 is 2.25 bits per heavy atom. The lowest BCUT2D eigenvalue weighted by Gasteiger charge is -2.16. The molecule has 1 amide bonds. The number of carbonyl (C=O) groups is 2. The predicted molar refractivity (Wildman–Crippen MR) is 76.5 cm³/mol. The quantitative estimate of drug-likeness (QED) is 0.630. The fourth-order valence-electron chi connectivity index (χ4n) is 1.68. The van der Waals surface area contributed by atoms with Gasteiger partial charge in [-0.3, -0.25) is 4.79 Å². The van der Waals surface area contributed by atoms with Gasteiger partial charge in [-0.25, -0.2) is 17.9 Å². The monoisotopic (exact) mass is 368 g/mol. The number of hydrogen-bond donors (Lipinski definition) is 3. The molecule has 1 aromatic rings. The van der Waals surface area contributed by atoms with Gasteiger partial charge in [0.15, 0.2) is 0 Å². The summed E-state index contributed by atoms with van der Waals surface area (Å²) in [6.07, 6.45) is -6.98. The number of aliphatic carboxylic acids is 1. The highest BCUT2D eigenvalue weighted by molar-refractivity contribution is 7.89. The van der Waals surface area contributed by atoms with Crippen molar-refractivity contribution in [2.45, 2.75) is 30.0 Å². The van der Waals surface area contributed by atoms with E-state index in [1.165, 1.54) is 24.3 Å². The Morgan fingerprint density at radius 1 is 1.17 bits per heavy atom. The summed E-state index contributed by atoms with van der Waals surface area (Å²) in [6.45, 7) is -0.387. The van der Waals surface area contributed by atoms with Crippen LogP contribution in [0.2, 0.25) is 0 Å². The topological polar surface area (TPSA) is 113 Å². The predicted octanol–water partition coefficient (Wildman–Crippen LogP) is 0.877. The van der Waals surface area contributed by atoms with Crippen LogP contribution >= 0.6 is 0 Å². The van der Waals surface area contributed by atoms with Crippen LogP contribution < -0.4 is 10.0 Å². The minimum atomic E-state index is -4.76. The van der Waals surface area contributed by atoms with E-state index < -0.39 is 47.0 Å². The molecule has 1 atom stereocenters. The summed E-state index contributed by atoms with van der Waals surface area (Å²) in [6, 6.07) is 5.13. The highest BCUT2D eigenvalue weighted by Crippen LogP contribution is 2.21. The highest BCUT2D eigenvalue weighted by Gasteiger charge is 2.36. The molecule has 0 heterocycles. The van der Waals surface area contributed by atoms with Gasteiger partial charge in [0.1, 0.15) is 6.04 Å². The van der Waals surface area contributed by atoms with Gasteiger partial charge in [-0.2, -0.15) is 13.2 Å². The fraction of sp³-hybridized carbons (Fsp3) is 0.385. The van der Waals surface area contributed by atoms with Crippen molar-refractivity contribution in [2.75, 3.05) is 6.54 Å². The first-order chi connectivity index (χ1) is 11.0. The van der Waals surface area contributed by atoms with E-state index in [-0.39, 0.29) is 11.4 Å². The van der Waals surface area contributed by atoms with Crippen molar-refractivity contribution in [1.82, 2.24) is 10.0 Å². The Morgan fingerprint density at radius 2 is 1.75 bits per heavy atom. The molecule has 0 fully saturated rings. The smallest absolute Gasteiger partial charge is 0.391 e. The van der Waals surface area contributed by atoms with Gasteiger partial charge in [-0.1, -0.05) is 18.2 Å². The highest BCUT2D eigenvalue weighted by atomic mass is 32.2. The van der Waals surface area contributed by atoms with E-state index in [1.807, 2.05) is 0 Å².